The summed E-state index contributed by atoms with van der Waals surface area (Å²) in [6, 6.07) is 9.67. The Morgan fingerprint density at radius 3 is 2.71 bits per heavy atom. The van der Waals surface area contributed by atoms with E-state index in [1.807, 2.05) is 37.4 Å². The maximum atomic E-state index is 9.97. The largest absolute Gasteiger partial charge is 0.508 e. The van der Waals surface area contributed by atoms with Crippen molar-refractivity contribution in [3.8, 4) is 22.9 Å². The molecule has 3 nitrogen and oxygen atoms in total. The molecule has 4 heteroatoms. The standard InChI is InChI=1S/C17H14N2OS/c1-9-3-4-14(20)10(2)16(9)12-7-15-11(5-6-21-15)13(8-18)17(12)19/h3-7,20H,19H2,1-2H3. The minimum absolute atomic E-state index is 0.236. The lowest BCUT2D eigenvalue weighted by molar-refractivity contribution is 0.471. The topological polar surface area (TPSA) is 70.0 Å². The van der Waals surface area contributed by atoms with Crippen molar-refractivity contribution >= 4 is 27.1 Å². The van der Waals surface area contributed by atoms with Gasteiger partial charge in [0.25, 0.3) is 0 Å². The maximum Gasteiger partial charge on any atom is 0.119 e. The molecule has 3 N–H and O–H groups in total. The Bertz CT molecular complexity index is 903. The fourth-order valence-corrected chi connectivity index (χ4v) is 3.54. The number of phenols is 1. The number of hydrogen-bond donors (Lipinski definition) is 2. The molecule has 104 valence electrons. The molecule has 1 aromatic heterocycles. The number of nitriles is 1. The third-order valence-corrected chi connectivity index (χ3v) is 4.69. The average Bonchev–Trinajstić information content (AvgIpc) is 2.92. The molecule has 0 unspecified atom stereocenters. The molecule has 0 fully saturated rings. The van der Waals surface area contributed by atoms with Gasteiger partial charge in [0, 0.05) is 15.6 Å². The molecule has 0 radical (unpaired) electrons. The number of nitrogens with two attached hydrogens (primary N) is 1. The van der Waals surface area contributed by atoms with E-state index in [4.69, 9.17) is 5.73 Å². The summed E-state index contributed by atoms with van der Waals surface area (Å²) in [5, 5.41) is 22.2. The maximum absolute atomic E-state index is 9.97. The van der Waals surface area contributed by atoms with Crippen molar-refractivity contribution < 1.29 is 5.11 Å². The number of benzene rings is 2. The molecule has 0 bridgehead atoms. The highest BCUT2D eigenvalue weighted by Crippen LogP contribution is 2.41. The highest BCUT2D eigenvalue weighted by atomic mass is 32.1. The number of rotatable bonds is 1. The molecule has 0 amide bonds. The van der Waals surface area contributed by atoms with Gasteiger partial charge in [-0.1, -0.05) is 6.07 Å². The first-order chi connectivity index (χ1) is 10.0. The summed E-state index contributed by atoms with van der Waals surface area (Å²) in [6.45, 7) is 3.84. The molecule has 0 saturated carbocycles. The van der Waals surface area contributed by atoms with Gasteiger partial charge in [0.15, 0.2) is 0 Å². The van der Waals surface area contributed by atoms with E-state index in [1.165, 1.54) is 0 Å². The minimum atomic E-state index is 0.236. The van der Waals surface area contributed by atoms with Crippen LogP contribution in [0.4, 0.5) is 5.69 Å². The van der Waals surface area contributed by atoms with Crippen LogP contribution >= 0.6 is 11.3 Å². The van der Waals surface area contributed by atoms with Crippen LogP contribution in [0, 0.1) is 25.2 Å². The van der Waals surface area contributed by atoms with E-state index in [0.717, 1.165) is 32.3 Å². The first kappa shape index (κ1) is 13.5. The second-order valence-electron chi connectivity index (χ2n) is 5.06. The van der Waals surface area contributed by atoms with E-state index in [-0.39, 0.29) is 5.75 Å². The summed E-state index contributed by atoms with van der Waals surface area (Å²) in [4.78, 5) is 0. The number of nitrogen functional groups attached to an aromatic ring is 1. The molecule has 21 heavy (non-hydrogen) atoms. The summed E-state index contributed by atoms with van der Waals surface area (Å²) in [5.74, 6) is 0.236. The molecule has 2 aromatic carbocycles. The van der Waals surface area contributed by atoms with Crippen LogP contribution in [-0.4, -0.2) is 5.11 Å². The second kappa shape index (κ2) is 4.80. The van der Waals surface area contributed by atoms with Gasteiger partial charge in [0.05, 0.1) is 11.3 Å². The van der Waals surface area contributed by atoms with Crippen LogP contribution in [0.15, 0.2) is 29.6 Å². The molecule has 0 aliphatic carbocycles. The van der Waals surface area contributed by atoms with E-state index in [1.54, 1.807) is 17.4 Å². The quantitative estimate of drug-likeness (QED) is 0.656. The Morgan fingerprint density at radius 2 is 2.00 bits per heavy atom. The van der Waals surface area contributed by atoms with E-state index in [9.17, 15) is 10.4 Å². The predicted octanol–water partition coefficient (Wildman–Crippen LogP) is 4.34. The van der Waals surface area contributed by atoms with Gasteiger partial charge >= 0.3 is 0 Å². The Labute approximate surface area is 126 Å². The molecule has 0 aliphatic heterocycles. The van der Waals surface area contributed by atoms with Crippen molar-refractivity contribution in [1.82, 2.24) is 0 Å². The van der Waals surface area contributed by atoms with Gasteiger partial charge in [-0.2, -0.15) is 5.26 Å². The van der Waals surface area contributed by atoms with Crippen molar-refractivity contribution in [2.75, 3.05) is 5.73 Å². The second-order valence-corrected chi connectivity index (χ2v) is 6.01. The van der Waals surface area contributed by atoms with E-state index in [2.05, 4.69) is 6.07 Å². The van der Waals surface area contributed by atoms with Crippen LogP contribution < -0.4 is 5.73 Å². The fourth-order valence-electron chi connectivity index (χ4n) is 2.71. The fraction of sp³-hybridized carbons (Fsp3) is 0.118. The lowest BCUT2D eigenvalue weighted by atomic mass is 9.91. The lowest BCUT2D eigenvalue weighted by Gasteiger charge is -2.15. The average molecular weight is 294 g/mol. The highest BCUT2D eigenvalue weighted by Gasteiger charge is 2.17. The summed E-state index contributed by atoms with van der Waals surface area (Å²) in [5.41, 5.74) is 10.7. The van der Waals surface area contributed by atoms with Crippen molar-refractivity contribution in [2.24, 2.45) is 0 Å². The SMILES string of the molecule is Cc1ccc(O)c(C)c1-c1cc2sccc2c(C#N)c1N. The summed E-state index contributed by atoms with van der Waals surface area (Å²) < 4.78 is 1.03. The zero-order chi connectivity index (χ0) is 15.1. The molecule has 0 saturated heterocycles. The molecule has 1 heterocycles. The Kier molecular flexibility index (Phi) is 3.08. The summed E-state index contributed by atoms with van der Waals surface area (Å²) in [7, 11) is 0. The molecule has 3 aromatic rings. The number of aryl methyl sites for hydroxylation is 1. The molecule has 3 rings (SSSR count). The van der Waals surface area contributed by atoms with Gasteiger partial charge < -0.3 is 10.8 Å². The van der Waals surface area contributed by atoms with Crippen molar-refractivity contribution in [2.45, 2.75) is 13.8 Å². The third kappa shape index (κ3) is 1.94. The van der Waals surface area contributed by atoms with E-state index < -0.39 is 0 Å². The number of nitrogens with zero attached hydrogens (tertiary/aromatic N) is 1. The van der Waals surface area contributed by atoms with Gasteiger partial charge in [-0.3, -0.25) is 0 Å². The highest BCUT2D eigenvalue weighted by molar-refractivity contribution is 7.17. The Hall–Kier alpha value is -2.51. The van der Waals surface area contributed by atoms with Gasteiger partial charge in [-0.25, -0.2) is 0 Å². The van der Waals surface area contributed by atoms with Gasteiger partial charge in [-0.05, 0) is 54.1 Å². The number of phenolic OH excluding ortho intramolecular Hbond substituents is 1. The molecule has 0 aliphatic rings. The number of aromatic hydroxyl groups is 1. The summed E-state index contributed by atoms with van der Waals surface area (Å²) >= 11 is 1.58. The van der Waals surface area contributed by atoms with Crippen LogP contribution in [0.1, 0.15) is 16.7 Å². The molecular weight excluding hydrogens is 280 g/mol. The molecular formula is C17H14N2OS. The Morgan fingerprint density at radius 1 is 1.24 bits per heavy atom. The number of thiophene rings is 1. The monoisotopic (exact) mass is 294 g/mol. The zero-order valence-electron chi connectivity index (χ0n) is 11.8. The van der Waals surface area contributed by atoms with Crippen molar-refractivity contribution in [3.63, 3.8) is 0 Å². The molecule has 0 spiro atoms. The Balaban J connectivity index is 2.44. The number of hydrogen-bond acceptors (Lipinski definition) is 4. The number of fused-ring (bicyclic) bond motifs is 1. The normalized spacial score (nSPS) is 10.7. The third-order valence-electron chi connectivity index (χ3n) is 3.83. The minimum Gasteiger partial charge on any atom is -0.508 e. The lowest BCUT2D eigenvalue weighted by Crippen LogP contribution is -1.98. The van der Waals surface area contributed by atoms with Crippen molar-refractivity contribution in [3.05, 3.63) is 46.3 Å². The van der Waals surface area contributed by atoms with Crippen molar-refractivity contribution in [1.29, 1.82) is 5.26 Å². The number of anilines is 1. The van der Waals surface area contributed by atoms with E-state index in [0.29, 0.717) is 11.3 Å². The van der Waals surface area contributed by atoms with Gasteiger partial charge in [-0.15, -0.1) is 11.3 Å². The van der Waals surface area contributed by atoms with E-state index >= 15 is 0 Å². The van der Waals surface area contributed by atoms with Gasteiger partial charge in [0.1, 0.15) is 11.8 Å². The van der Waals surface area contributed by atoms with Crippen LogP contribution in [0.3, 0.4) is 0 Å². The smallest absolute Gasteiger partial charge is 0.119 e. The molecule has 0 atom stereocenters. The van der Waals surface area contributed by atoms with Crippen LogP contribution in [0.5, 0.6) is 5.75 Å². The van der Waals surface area contributed by atoms with Crippen LogP contribution in [0.25, 0.3) is 21.2 Å². The zero-order valence-corrected chi connectivity index (χ0v) is 12.6. The van der Waals surface area contributed by atoms with Gasteiger partial charge in [0.2, 0.25) is 0 Å². The summed E-state index contributed by atoms with van der Waals surface area (Å²) in [6.07, 6.45) is 0. The predicted molar refractivity (Wildman–Crippen MR) is 87.5 cm³/mol. The van der Waals surface area contributed by atoms with Crippen LogP contribution in [-0.2, 0) is 0 Å². The first-order valence-corrected chi connectivity index (χ1v) is 7.42. The first-order valence-electron chi connectivity index (χ1n) is 6.54. The van der Waals surface area contributed by atoms with Crippen LogP contribution in [0.2, 0.25) is 0 Å².